The van der Waals surface area contributed by atoms with Crippen molar-refractivity contribution in [3.8, 4) is 11.3 Å². The van der Waals surface area contributed by atoms with E-state index in [-0.39, 0.29) is 5.91 Å². The third-order valence-corrected chi connectivity index (χ3v) is 5.99. The van der Waals surface area contributed by atoms with Gasteiger partial charge in [0, 0.05) is 17.7 Å². The molecule has 0 fully saturated rings. The van der Waals surface area contributed by atoms with Crippen LogP contribution in [0.25, 0.3) is 21.5 Å². The van der Waals surface area contributed by atoms with Crippen molar-refractivity contribution in [2.75, 3.05) is 32.6 Å². The number of rotatable bonds is 9. The molecule has 1 amide bonds. The number of fused-ring (bicyclic) bond motifs is 1. The first-order valence-corrected chi connectivity index (χ1v) is 11.6. The van der Waals surface area contributed by atoms with Crippen LogP contribution in [0.1, 0.15) is 29.5 Å². The molecular weight excluding hydrogens is 434 g/mol. The number of carbonyl (C=O) groups is 1. The van der Waals surface area contributed by atoms with Gasteiger partial charge < -0.3 is 14.6 Å². The summed E-state index contributed by atoms with van der Waals surface area (Å²) in [6.07, 6.45) is 0.906. The number of para-hydroxylation sites is 1. The van der Waals surface area contributed by atoms with Gasteiger partial charge >= 0.3 is 0 Å². The molecule has 4 rings (SSSR count). The molecule has 0 unspecified atom stereocenters. The highest BCUT2D eigenvalue weighted by atomic mass is 32.1. The fraction of sp³-hybridized carbons (Fsp3) is 0.240. The third-order valence-electron chi connectivity index (χ3n) is 5.05. The molecule has 0 aliphatic rings. The molecule has 8 heteroatoms. The van der Waals surface area contributed by atoms with Crippen LogP contribution in [-0.4, -0.2) is 48.7 Å². The van der Waals surface area contributed by atoms with E-state index in [4.69, 9.17) is 4.42 Å². The average Bonchev–Trinajstić information content (AvgIpc) is 3.47. The third kappa shape index (κ3) is 5.85. The van der Waals surface area contributed by atoms with Crippen LogP contribution >= 0.6 is 11.3 Å². The summed E-state index contributed by atoms with van der Waals surface area (Å²) < 4.78 is 7.12. The Morgan fingerprint density at radius 3 is 2.79 bits per heavy atom. The second kappa shape index (κ2) is 10.4. The SMILES string of the molecule is C/C(=N\Nc1nc2ccccc2s1)c1ccc(-c2cccc(C(=O)NCCCN(C)C)c2)o1. The van der Waals surface area contributed by atoms with Crippen molar-refractivity contribution < 1.29 is 9.21 Å². The molecule has 0 aliphatic carbocycles. The number of nitrogens with one attached hydrogen (secondary N) is 2. The molecule has 2 aromatic carbocycles. The number of thiazole rings is 1. The molecule has 0 spiro atoms. The maximum absolute atomic E-state index is 12.5. The van der Waals surface area contributed by atoms with E-state index in [0.29, 0.717) is 29.3 Å². The first-order chi connectivity index (χ1) is 16.0. The highest BCUT2D eigenvalue weighted by Gasteiger charge is 2.11. The zero-order valence-electron chi connectivity index (χ0n) is 19.0. The zero-order valence-corrected chi connectivity index (χ0v) is 19.8. The van der Waals surface area contributed by atoms with Crippen LogP contribution in [-0.2, 0) is 0 Å². The number of carbonyl (C=O) groups excluding carboxylic acids is 1. The van der Waals surface area contributed by atoms with Crippen LogP contribution in [0.5, 0.6) is 0 Å². The maximum Gasteiger partial charge on any atom is 0.251 e. The van der Waals surface area contributed by atoms with Gasteiger partial charge in [0.15, 0.2) is 5.76 Å². The minimum Gasteiger partial charge on any atom is -0.455 e. The molecule has 0 radical (unpaired) electrons. The Kier molecular flexibility index (Phi) is 7.16. The summed E-state index contributed by atoms with van der Waals surface area (Å²) in [6, 6.07) is 19.2. The van der Waals surface area contributed by atoms with Crippen molar-refractivity contribution in [1.82, 2.24) is 15.2 Å². The Hall–Kier alpha value is -3.49. The van der Waals surface area contributed by atoms with Gasteiger partial charge in [-0.25, -0.2) is 4.98 Å². The molecule has 0 aliphatic heterocycles. The van der Waals surface area contributed by atoms with Crippen molar-refractivity contribution in [1.29, 1.82) is 0 Å². The minimum absolute atomic E-state index is 0.0832. The van der Waals surface area contributed by atoms with Crippen molar-refractivity contribution in [3.63, 3.8) is 0 Å². The second-order valence-corrected chi connectivity index (χ2v) is 8.98. The van der Waals surface area contributed by atoms with Gasteiger partial charge in [0.1, 0.15) is 11.5 Å². The van der Waals surface area contributed by atoms with Gasteiger partial charge in [-0.2, -0.15) is 5.10 Å². The number of aromatic nitrogens is 1. The Morgan fingerprint density at radius 1 is 1.12 bits per heavy atom. The van der Waals surface area contributed by atoms with E-state index in [9.17, 15) is 4.79 Å². The summed E-state index contributed by atoms with van der Waals surface area (Å²) >= 11 is 1.55. The number of furan rings is 1. The Morgan fingerprint density at radius 2 is 1.97 bits per heavy atom. The van der Waals surface area contributed by atoms with Crippen LogP contribution in [0.3, 0.4) is 0 Å². The Labute approximate surface area is 197 Å². The van der Waals surface area contributed by atoms with E-state index >= 15 is 0 Å². The molecule has 0 atom stereocenters. The molecule has 7 nitrogen and oxygen atoms in total. The normalized spacial score (nSPS) is 11.8. The summed E-state index contributed by atoms with van der Waals surface area (Å²) in [4.78, 5) is 19.1. The fourth-order valence-corrected chi connectivity index (χ4v) is 4.12. The predicted molar refractivity (Wildman–Crippen MR) is 135 cm³/mol. The smallest absolute Gasteiger partial charge is 0.251 e. The molecule has 4 aromatic rings. The second-order valence-electron chi connectivity index (χ2n) is 7.95. The number of benzene rings is 2. The van der Waals surface area contributed by atoms with E-state index in [2.05, 4.69) is 25.7 Å². The monoisotopic (exact) mass is 461 g/mol. The van der Waals surface area contributed by atoms with Crippen LogP contribution in [0.4, 0.5) is 5.13 Å². The lowest BCUT2D eigenvalue weighted by Gasteiger charge is -2.10. The molecule has 2 N–H and O–H groups in total. The highest BCUT2D eigenvalue weighted by Crippen LogP contribution is 2.26. The van der Waals surface area contributed by atoms with E-state index in [1.54, 1.807) is 11.3 Å². The predicted octanol–water partition coefficient (Wildman–Crippen LogP) is 5.07. The van der Waals surface area contributed by atoms with E-state index in [1.807, 2.05) is 81.7 Å². The van der Waals surface area contributed by atoms with E-state index in [0.717, 1.165) is 33.9 Å². The van der Waals surface area contributed by atoms with E-state index < -0.39 is 0 Å². The summed E-state index contributed by atoms with van der Waals surface area (Å²) in [5, 5.41) is 8.12. The van der Waals surface area contributed by atoms with E-state index in [1.165, 1.54) is 0 Å². The Balaban J connectivity index is 1.41. The lowest BCUT2D eigenvalue weighted by atomic mass is 10.1. The average molecular weight is 462 g/mol. The number of hydrazone groups is 1. The molecule has 170 valence electrons. The number of anilines is 1. The number of amides is 1. The summed E-state index contributed by atoms with van der Waals surface area (Å²) in [5.74, 6) is 1.25. The van der Waals surface area contributed by atoms with Crippen LogP contribution < -0.4 is 10.7 Å². The van der Waals surface area contributed by atoms with Crippen molar-refractivity contribution >= 4 is 38.3 Å². The molecule has 2 aromatic heterocycles. The summed E-state index contributed by atoms with van der Waals surface area (Å²) in [5.41, 5.74) is 6.12. The first kappa shape index (κ1) is 22.7. The van der Waals surface area contributed by atoms with Gasteiger partial charge in [-0.15, -0.1) is 0 Å². The fourth-order valence-electron chi connectivity index (χ4n) is 3.31. The largest absolute Gasteiger partial charge is 0.455 e. The zero-order chi connectivity index (χ0) is 23.2. The van der Waals surface area contributed by atoms with Gasteiger partial charge in [-0.05, 0) is 70.4 Å². The summed E-state index contributed by atoms with van der Waals surface area (Å²) in [6.45, 7) is 3.45. The number of nitrogens with zero attached hydrogens (tertiary/aromatic N) is 3. The minimum atomic E-state index is -0.0832. The van der Waals surface area contributed by atoms with Gasteiger partial charge in [0.05, 0.1) is 10.2 Å². The lowest BCUT2D eigenvalue weighted by Crippen LogP contribution is -2.27. The highest BCUT2D eigenvalue weighted by molar-refractivity contribution is 7.22. The summed E-state index contributed by atoms with van der Waals surface area (Å²) in [7, 11) is 4.04. The molecule has 33 heavy (non-hydrogen) atoms. The molecular formula is C25H27N5O2S. The van der Waals surface area contributed by atoms with Crippen LogP contribution in [0.15, 0.2) is 70.2 Å². The molecule has 0 bridgehead atoms. The van der Waals surface area contributed by atoms with Crippen molar-refractivity contribution in [3.05, 3.63) is 72.0 Å². The van der Waals surface area contributed by atoms with Crippen molar-refractivity contribution in [2.24, 2.45) is 5.10 Å². The molecule has 2 heterocycles. The maximum atomic E-state index is 12.5. The van der Waals surface area contributed by atoms with Gasteiger partial charge in [-0.3, -0.25) is 10.2 Å². The van der Waals surface area contributed by atoms with Crippen LogP contribution in [0, 0.1) is 0 Å². The molecule has 0 saturated heterocycles. The first-order valence-electron chi connectivity index (χ1n) is 10.8. The number of hydrogen-bond donors (Lipinski definition) is 2. The van der Waals surface area contributed by atoms with Gasteiger partial charge in [0.2, 0.25) is 5.13 Å². The van der Waals surface area contributed by atoms with Crippen LogP contribution in [0.2, 0.25) is 0 Å². The quantitative estimate of drug-likeness (QED) is 0.206. The van der Waals surface area contributed by atoms with Gasteiger partial charge in [0.25, 0.3) is 5.91 Å². The number of hydrogen-bond acceptors (Lipinski definition) is 7. The molecule has 0 saturated carbocycles. The standard InChI is InChI=1S/C25H27N5O2S/c1-17(28-29-25-27-20-10-4-5-11-23(20)33-25)21-12-13-22(32-21)18-8-6-9-19(16-18)24(31)26-14-7-15-30(2)3/h4-6,8-13,16H,7,14-15H2,1-3H3,(H,26,31)(H,27,29)/b28-17+. The van der Waals surface area contributed by atoms with Crippen molar-refractivity contribution in [2.45, 2.75) is 13.3 Å². The Bertz CT molecular complexity index is 1240. The van der Waals surface area contributed by atoms with Gasteiger partial charge in [-0.1, -0.05) is 35.6 Å². The lowest BCUT2D eigenvalue weighted by molar-refractivity contribution is 0.0952. The topological polar surface area (TPSA) is 82.8 Å².